The SMILES string of the molecule is N#Cc1ccccc1CN1CC(n2cc(C(=O)O)nn2)C1. The predicted octanol–water partition coefficient (Wildman–Crippen LogP) is 0.905. The number of carbonyl (C=O) groups is 1. The normalized spacial score (nSPS) is 15.4. The standard InChI is InChI=1S/C14H13N5O2/c15-5-10-3-1-2-4-11(10)6-18-7-12(8-18)19-9-13(14(20)21)16-17-19/h1-4,9,12H,6-8H2,(H,20,21). The van der Waals surface area contributed by atoms with Crippen molar-refractivity contribution in [1.29, 1.82) is 5.26 Å². The molecule has 0 saturated carbocycles. The molecule has 0 unspecified atom stereocenters. The number of hydrogen-bond acceptors (Lipinski definition) is 5. The zero-order valence-electron chi connectivity index (χ0n) is 11.2. The second-order valence-electron chi connectivity index (χ2n) is 5.01. The summed E-state index contributed by atoms with van der Waals surface area (Å²) in [5.41, 5.74) is 1.65. The third kappa shape index (κ3) is 2.61. The summed E-state index contributed by atoms with van der Waals surface area (Å²) in [7, 11) is 0. The van der Waals surface area contributed by atoms with Crippen LogP contribution in [0.25, 0.3) is 0 Å². The summed E-state index contributed by atoms with van der Waals surface area (Å²) in [4.78, 5) is 12.9. The van der Waals surface area contributed by atoms with Gasteiger partial charge in [-0.15, -0.1) is 5.10 Å². The number of nitriles is 1. The molecule has 21 heavy (non-hydrogen) atoms. The fourth-order valence-corrected chi connectivity index (χ4v) is 2.40. The highest BCUT2D eigenvalue weighted by Crippen LogP contribution is 2.23. The van der Waals surface area contributed by atoms with Gasteiger partial charge in [0.2, 0.25) is 0 Å². The van der Waals surface area contributed by atoms with Crippen LogP contribution in [0.1, 0.15) is 27.7 Å². The Balaban J connectivity index is 1.61. The number of aromatic nitrogens is 3. The van der Waals surface area contributed by atoms with Gasteiger partial charge < -0.3 is 5.11 Å². The van der Waals surface area contributed by atoms with Crippen LogP contribution in [0.5, 0.6) is 0 Å². The summed E-state index contributed by atoms with van der Waals surface area (Å²) in [6, 6.07) is 9.86. The van der Waals surface area contributed by atoms with Gasteiger partial charge in [0, 0.05) is 19.6 Å². The molecule has 0 amide bonds. The third-order valence-electron chi connectivity index (χ3n) is 3.57. The number of carboxylic acid groups (broad SMARTS) is 1. The lowest BCUT2D eigenvalue weighted by Crippen LogP contribution is -2.47. The molecule has 2 aromatic rings. The van der Waals surface area contributed by atoms with Crippen molar-refractivity contribution in [3.63, 3.8) is 0 Å². The number of hydrogen-bond donors (Lipinski definition) is 1. The second-order valence-corrected chi connectivity index (χ2v) is 5.01. The topological polar surface area (TPSA) is 95.0 Å². The molecule has 0 radical (unpaired) electrons. The molecule has 1 aliphatic rings. The molecule has 1 N–H and O–H groups in total. The minimum Gasteiger partial charge on any atom is -0.476 e. The Bertz CT molecular complexity index is 712. The minimum atomic E-state index is -1.07. The maximum Gasteiger partial charge on any atom is 0.358 e. The van der Waals surface area contributed by atoms with Crippen LogP contribution in [0.3, 0.4) is 0 Å². The number of carboxylic acids is 1. The molecule has 1 aliphatic heterocycles. The number of likely N-dealkylation sites (tertiary alicyclic amines) is 1. The van der Waals surface area contributed by atoms with E-state index in [0.717, 1.165) is 18.7 Å². The van der Waals surface area contributed by atoms with Gasteiger partial charge in [0.1, 0.15) is 0 Å². The van der Waals surface area contributed by atoms with Crippen LogP contribution in [0, 0.1) is 11.3 Å². The number of benzene rings is 1. The van der Waals surface area contributed by atoms with Crippen LogP contribution in [0.4, 0.5) is 0 Å². The fraction of sp³-hybridized carbons (Fsp3) is 0.286. The Morgan fingerprint density at radius 2 is 2.19 bits per heavy atom. The summed E-state index contributed by atoms with van der Waals surface area (Å²) < 4.78 is 1.59. The molecule has 1 aromatic carbocycles. The van der Waals surface area contributed by atoms with Crippen molar-refractivity contribution < 1.29 is 9.90 Å². The maximum absolute atomic E-state index is 10.8. The lowest BCUT2D eigenvalue weighted by atomic mass is 10.0. The van der Waals surface area contributed by atoms with Gasteiger partial charge in [-0.05, 0) is 11.6 Å². The van der Waals surface area contributed by atoms with Gasteiger partial charge in [-0.3, -0.25) is 4.90 Å². The van der Waals surface area contributed by atoms with Crippen LogP contribution in [-0.4, -0.2) is 44.1 Å². The van der Waals surface area contributed by atoms with E-state index in [1.807, 2.05) is 24.3 Å². The maximum atomic E-state index is 10.8. The van der Waals surface area contributed by atoms with Gasteiger partial charge in [0.25, 0.3) is 0 Å². The van der Waals surface area contributed by atoms with Gasteiger partial charge in [-0.1, -0.05) is 23.4 Å². The largest absolute Gasteiger partial charge is 0.476 e. The van der Waals surface area contributed by atoms with Crippen LogP contribution in [0.2, 0.25) is 0 Å². The van der Waals surface area contributed by atoms with Gasteiger partial charge in [-0.25, -0.2) is 9.48 Å². The van der Waals surface area contributed by atoms with E-state index in [9.17, 15) is 4.79 Å². The molecule has 0 aliphatic carbocycles. The smallest absolute Gasteiger partial charge is 0.358 e. The molecule has 1 saturated heterocycles. The molecule has 2 heterocycles. The first kappa shape index (κ1) is 13.3. The lowest BCUT2D eigenvalue weighted by Gasteiger charge is -2.39. The van der Waals surface area contributed by atoms with Gasteiger partial charge in [-0.2, -0.15) is 5.26 Å². The molecule has 7 heteroatoms. The van der Waals surface area contributed by atoms with E-state index in [0.29, 0.717) is 12.1 Å². The van der Waals surface area contributed by atoms with Crippen molar-refractivity contribution in [1.82, 2.24) is 19.9 Å². The monoisotopic (exact) mass is 283 g/mol. The molecule has 0 atom stereocenters. The molecular weight excluding hydrogens is 270 g/mol. The van der Waals surface area contributed by atoms with Crippen LogP contribution in [0.15, 0.2) is 30.5 Å². The molecule has 1 aromatic heterocycles. The van der Waals surface area contributed by atoms with E-state index in [1.165, 1.54) is 6.20 Å². The van der Waals surface area contributed by atoms with E-state index >= 15 is 0 Å². The highest BCUT2D eigenvalue weighted by Gasteiger charge is 2.30. The Hall–Kier alpha value is -2.72. The first-order chi connectivity index (χ1) is 10.2. The lowest BCUT2D eigenvalue weighted by molar-refractivity contribution is 0.0690. The minimum absolute atomic E-state index is 0.0386. The average Bonchev–Trinajstić information content (AvgIpc) is 2.92. The van der Waals surface area contributed by atoms with E-state index in [2.05, 4.69) is 21.3 Å². The zero-order valence-corrected chi connectivity index (χ0v) is 11.2. The van der Waals surface area contributed by atoms with E-state index in [-0.39, 0.29) is 11.7 Å². The number of aromatic carboxylic acids is 1. The van der Waals surface area contributed by atoms with Crippen molar-refractivity contribution in [2.45, 2.75) is 12.6 Å². The summed E-state index contributed by atoms with van der Waals surface area (Å²) in [5, 5.41) is 25.3. The van der Waals surface area contributed by atoms with Crippen molar-refractivity contribution in [3.8, 4) is 6.07 Å². The Kier molecular flexibility index (Phi) is 3.38. The van der Waals surface area contributed by atoms with E-state index < -0.39 is 5.97 Å². The van der Waals surface area contributed by atoms with Gasteiger partial charge in [0.05, 0.1) is 23.9 Å². The third-order valence-corrected chi connectivity index (χ3v) is 3.57. The molecule has 106 valence electrons. The summed E-state index contributed by atoms with van der Waals surface area (Å²) in [5.74, 6) is -1.07. The first-order valence-electron chi connectivity index (χ1n) is 6.53. The Labute approximate surface area is 121 Å². The first-order valence-corrected chi connectivity index (χ1v) is 6.53. The van der Waals surface area contributed by atoms with Gasteiger partial charge in [0.15, 0.2) is 5.69 Å². The highest BCUT2D eigenvalue weighted by molar-refractivity contribution is 5.84. The van der Waals surface area contributed by atoms with E-state index in [4.69, 9.17) is 10.4 Å². The quantitative estimate of drug-likeness (QED) is 0.896. The molecular formula is C14H13N5O2. The van der Waals surface area contributed by atoms with Gasteiger partial charge >= 0.3 is 5.97 Å². The summed E-state index contributed by atoms with van der Waals surface area (Å²) in [6.45, 7) is 2.24. The van der Waals surface area contributed by atoms with Crippen molar-refractivity contribution in [2.75, 3.05) is 13.1 Å². The summed E-state index contributed by atoms with van der Waals surface area (Å²) in [6.07, 6.45) is 1.45. The number of rotatable bonds is 4. The van der Waals surface area contributed by atoms with Crippen molar-refractivity contribution >= 4 is 5.97 Å². The second kappa shape index (κ2) is 5.34. The van der Waals surface area contributed by atoms with Crippen LogP contribution < -0.4 is 0 Å². The summed E-state index contributed by atoms with van der Waals surface area (Å²) >= 11 is 0. The van der Waals surface area contributed by atoms with Crippen molar-refractivity contribution in [3.05, 3.63) is 47.3 Å². The molecule has 0 spiro atoms. The van der Waals surface area contributed by atoms with Crippen molar-refractivity contribution in [2.24, 2.45) is 0 Å². The zero-order chi connectivity index (χ0) is 14.8. The Morgan fingerprint density at radius 3 is 2.86 bits per heavy atom. The van der Waals surface area contributed by atoms with E-state index in [1.54, 1.807) is 4.68 Å². The average molecular weight is 283 g/mol. The fourth-order valence-electron chi connectivity index (χ4n) is 2.40. The molecule has 3 rings (SSSR count). The molecule has 7 nitrogen and oxygen atoms in total. The predicted molar refractivity (Wildman–Crippen MR) is 72.5 cm³/mol. The van der Waals surface area contributed by atoms with Crippen LogP contribution >= 0.6 is 0 Å². The number of nitrogens with zero attached hydrogens (tertiary/aromatic N) is 5. The molecule has 0 bridgehead atoms. The highest BCUT2D eigenvalue weighted by atomic mass is 16.4. The molecule has 1 fully saturated rings. The van der Waals surface area contributed by atoms with Crippen LogP contribution in [-0.2, 0) is 6.54 Å². The Morgan fingerprint density at radius 1 is 1.43 bits per heavy atom.